The molecule has 0 atom stereocenters. The standard InChI is InChI=1S/C17H12O6/c1-7-3-8(21-2)4-13-14(7)16-15(17(20)23-13)9-5-10(18)11(19)6-12(9)22-16/h3-6,18-19H,1-2H3. The molecule has 2 heterocycles. The van der Waals surface area contributed by atoms with Crippen molar-refractivity contribution in [3.63, 3.8) is 0 Å². The minimum Gasteiger partial charge on any atom is -0.504 e. The molecule has 4 aromatic rings. The summed E-state index contributed by atoms with van der Waals surface area (Å²) in [7, 11) is 1.53. The van der Waals surface area contributed by atoms with E-state index in [1.807, 2.05) is 13.0 Å². The molecule has 0 amide bonds. The topological polar surface area (TPSA) is 93.0 Å². The molecular weight excluding hydrogens is 300 g/mol. The lowest BCUT2D eigenvalue weighted by molar-refractivity contribution is 0.404. The Morgan fingerprint density at radius 3 is 2.43 bits per heavy atom. The highest BCUT2D eigenvalue weighted by Gasteiger charge is 2.19. The number of phenolic OH excluding ortho intramolecular Hbond substituents is 2. The number of aryl methyl sites for hydroxylation is 1. The van der Waals surface area contributed by atoms with Gasteiger partial charge in [-0.05, 0) is 24.6 Å². The zero-order valence-corrected chi connectivity index (χ0v) is 12.3. The predicted octanol–water partition coefficient (Wildman–Crippen LogP) is 3.42. The molecular formula is C17H12O6. The van der Waals surface area contributed by atoms with Gasteiger partial charge in [-0.3, -0.25) is 0 Å². The van der Waals surface area contributed by atoms with Gasteiger partial charge in [-0.1, -0.05) is 0 Å². The van der Waals surface area contributed by atoms with Crippen molar-refractivity contribution in [3.8, 4) is 17.2 Å². The molecule has 0 saturated carbocycles. The summed E-state index contributed by atoms with van der Waals surface area (Å²) >= 11 is 0. The van der Waals surface area contributed by atoms with Crippen molar-refractivity contribution in [1.82, 2.24) is 0 Å². The third-order valence-electron chi connectivity index (χ3n) is 3.93. The van der Waals surface area contributed by atoms with Gasteiger partial charge in [-0.2, -0.15) is 0 Å². The van der Waals surface area contributed by atoms with Crippen molar-refractivity contribution in [1.29, 1.82) is 0 Å². The van der Waals surface area contributed by atoms with Crippen molar-refractivity contribution in [3.05, 3.63) is 40.2 Å². The van der Waals surface area contributed by atoms with Crippen molar-refractivity contribution in [2.75, 3.05) is 7.11 Å². The fourth-order valence-electron chi connectivity index (χ4n) is 2.86. The van der Waals surface area contributed by atoms with Gasteiger partial charge in [-0.25, -0.2) is 4.79 Å². The van der Waals surface area contributed by atoms with Gasteiger partial charge in [-0.15, -0.1) is 0 Å². The molecule has 0 bridgehead atoms. The Morgan fingerprint density at radius 2 is 1.70 bits per heavy atom. The summed E-state index contributed by atoms with van der Waals surface area (Å²) in [6.07, 6.45) is 0. The second-order valence-electron chi connectivity index (χ2n) is 5.35. The van der Waals surface area contributed by atoms with Crippen molar-refractivity contribution in [2.24, 2.45) is 0 Å². The number of aromatic hydroxyl groups is 2. The number of fused-ring (bicyclic) bond motifs is 5. The van der Waals surface area contributed by atoms with E-state index in [4.69, 9.17) is 13.6 Å². The SMILES string of the molecule is COc1cc(C)c2c(c1)oc(=O)c1c3cc(O)c(O)cc3oc21. The molecule has 0 saturated heterocycles. The first-order valence-electron chi connectivity index (χ1n) is 6.89. The Labute approximate surface area is 129 Å². The van der Waals surface area contributed by atoms with E-state index in [0.717, 1.165) is 5.56 Å². The van der Waals surface area contributed by atoms with Gasteiger partial charge in [0.05, 0.1) is 12.5 Å². The molecule has 23 heavy (non-hydrogen) atoms. The highest BCUT2D eigenvalue weighted by molar-refractivity contribution is 6.14. The minimum atomic E-state index is -0.580. The molecule has 6 nitrogen and oxygen atoms in total. The van der Waals surface area contributed by atoms with Gasteiger partial charge >= 0.3 is 5.63 Å². The average molecular weight is 312 g/mol. The molecule has 0 radical (unpaired) electrons. The minimum absolute atomic E-state index is 0.232. The number of hydrogen-bond donors (Lipinski definition) is 2. The van der Waals surface area contributed by atoms with Gasteiger partial charge in [0.25, 0.3) is 0 Å². The van der Waals surface area contributed by atoms with E-state index in [-0.39, 0.29) is 16.9 Å². The molecule has 2 aromatic carbocycles. The van der Waals surface area contributed by atoms with Crippen LogP contribution in [0.5, 0.6) is 17.2 Å². The Morgan fingerprint density at radius 1 is 0.957 bits per heavy atom. The highest BCUT2D eigenvalue weighted by Crippen LogP contribution is 2.38. The lowest BCUT2D eigenvalue weighted by Gasteiger charge is -2.05. The molecule has 6 heteroatoms. The largest absolute Gasteiger partial charge is 0.504 e. The van der Waals surface area contributed by atoms with Crippen LogP contribution >= 0.6 is 0 Å². The smallest absolute Gasteiger partial charge is 0.348 e. The van der Waals surface area contributed by atoms with E-state index in [1.165, 1.54) is 19.2 Å². The van der Waals surface area contributed by atoms with Crippen molar-refractivity contribution in [2.45, 2.75) is 6.92 Å². The van der Waals surface area contributed by atoms with Crippen LogP contribution in [-0.4, -0.2) is 17.3 Å². The van der Waals surface area contributed by atoms with Gasteiger partial charge in [0, 0.05) is 17.5 Å². The molecule has 0 aliphatic rings. The molecule has 116 valence electrons. The van der Waals surface area contributed by atoms with Crippen LogP contribution in [0.2, 0.25) is 0 Å². The summed E-state index contributed by atoms with van der Waals surface area (Å²) in [4.78, 5) is 12.4. The summed E-state index contributed by atoms with van der Waals surface area (Å²) in [6, 6.07) is 5.99. The van der Waals surface area contributed by atoms with E-state index in [9.17, 15) is 15.0 Å². The van der Waals surface area contributed by atoms with Gasteiger partial charge in [0.1, 0.15) is 22.3 Å². The predicted molar refractivity (Wildman–Crippen MR) is 84.4 cm³/mol. The number of rotatable bonds is 1. The Bertz CT molecular complexity index is 1150. The van der Waals surface area contributed by atoms with Crippen LogP contribution in [0.3, 0.4) is 0 Å². The third kappa shape index (κ3) is 1.78. The first-order valence-corrected chi connectivity index (χ1v) is 6.89. The molecule has 2 N–H and O–H groups in total. The molecule has 2 aromatic heterocycles. The van der Waals surface area contributed by atoms with Gasteiger partial charge < -0.3 is 23.8 Å². The fourth-order valence-corrected chi connectivity index (χ4v) is 2.86. The maximum Gasteiger partial charge on any atom is 0.348 e. The van der Waals surface area contributed by atoms with Crippen LogP contribution in [-0.2, 0) is 0 Å². The maximum absolute atomic E-state index is 12.4. The summed E-state index contributed by atoms with van der Waals surface area (Å²) in [5.74, 6) is -0.0707. The molecule has 4 rings (SSSR count). The zero-order valence-electron chi connectivity index (χ0n) is 12.3. The van der Waals surface area contributed by atoms with E-state index >= 15 is 0 Å². The van der Waals surface area contributed by atoms with Gasteiger partial charge in [0.2, 0.25) is 0 Å². The molecule has 0 spiro atoms. The number of phenols is 2. The van der Waals surface area contributed by atoms with E-state index in [1.54, 1.807) is 6.07 Å². The Balaban J connectivity index is 2.28. The van der Waals surface area contributed by atoms with Crippen molar-refractivity contribution >= 4 is 32.9 Å². The van der Waals surface area contributed by atoms with Crippen LogP contribution in [0.1, 0.15) is 5.56 Å². The lowest BCUT2D eigenvalue weighted by atomic mass is 10.1. The first kappa shape index (κ1) is 13.5. The molecule has 0 fully saturated rings. The van der Waals surface area contributed by atoms with E-state index < -0.39 is 5.63 Å². The highest BCUT2D eigenvalue weighted by atomic mass is 16.5. The summed E-state index contributed by atoms with van der Waals surface area (Å²) in [6.45, 7) is 1.85. The van der Waals surface area contributed by atoms with Crippen LogP contribution in [0.25, 0.3) is 32.9 Å². The fraction of sp³-hybridized carbons (Fsp3) is 0.118. The van der Waals surface area contributed by atoms with Crippen LogP contribution in [0.4, 0.5) is 0 Å². The number of ether oxygens (including phenoxy) is 1. The number of methoxy groups -OCH3 is 1. The van der Waals surface area contributed by atoms with Crippen LogP contribution in [0.15, 0.2) is 37.9 Å². The van der Waals surface area contributed by atoms with Crippen LogP contribution in [0, 0.1) is 6.92 Å². The maximum atomic E-state index is 12.4. The van der Waals surface area contributed by atoms with E-state index in [2.05, 4.69) is 0 Å². The summed E-state index contributed by atoms with van der Waals surface area (Å²) in [5, 5.41) is 20.6. The normalized spacial score (nSPS) is 11.6. The van der Waals surface area contributed by atoms with E-state index in [0.29, 0.717) is 33.3 Å². The monoisotopic (exact) mass is 312 g/mol. The summed E-state index contributed by atoms with van der Waals surface area (Å²) < 4.78 is 16.3. The molecule has 0 aliphatic carbocycles. The number of furan rings is 1. The quantitative estimate of drug-likeness (QED) is 0.413. The lowest BCUT2D eigenvalue weighted by Crippen LogP contribution is -1.99. The van der Waals surface area contributed by atoms with Crippen LogP contribution < -0.4 is 10.4 Å². The summed E-state index contributed by atoms with van der Waals surface area (Å²) in [5.41, 5.74) is 1.25. The molecule has 0 aliphatic heterocycles. The Hall–Kier alpha value is -3.15. The average Bonchev–Trinajstić information content (AvgIpc) is 2.85. The number of hydrogen-bond acceptors (Lipinski definition) is 6. The zero-order chi connectivity index (χ0) is 16.3. The second-order valence-corrected chi connectivity index (χ2v) is 5.35. The third-order valence-corrected chi connectivity index (χ3v) is 3.93. The Kier molecular flexibility index (Phi) is 2.60. The molecule has 0 unspecified atom stereocenters. The first-order chi connectivity index (χ1) is 11.0. The van der Waals surface area contributed by atoms with Crippen molar-refractivity contribution < 1.29 is 23.8 Å². The second kappa shape index (κ2) is 4.42. The number of benzene rings is 2. The van der Waals surface area contributed by atoms with Gasteiger partial charge in [0.15, 0.2) is 17.1 Å².